The zero-order valence-electron chi connectivity index (χ0n) is 11.2. The van der Waals surface area contributed by atoms with Gasteiger partial charge in [0.1, 0.15) is 0 Å². The number of carbonyl (C=O) groups excluding carboxylic acids is 1. The van der Waals surface area contributed by atoms with Crippen molar-refractivity contribution in [3.63, 3.8) is 0 Å². The van der Waals surface area contributed by atoms with E-state index in [4.69, 9.17) is 4.52 Å². The molecule has 1 aromatic carbocycles. The molecule has 2 aromatic rings. The molecule has 1 aromatic heterocycles. The fraction of sp³-hybridized carbons (Fsp3) is 0.357. The third kappa shape index (κ3) is 2.42. The number of hydrogen-bond acceptors (Lipinski definition) is 5. The van der Waals surface area contributed by atoms with Crippen molar-refractivity contribution < 1.29 is 9.32 Å². The molecule has 0 saturated carbocycles. The molecule has 1 aliphatic rings. The fourth-order valence-corrected chi connectivity index (χ4v) is 2.49. The van der Waals surface area contributed by atoms with Gasteiger partial charge in [-0.15, -0.1) is 0 Å². The Kier molecular flexibility index (Phi) is 3.47. The maximum Gasteiger partial charge on any atom is 0.228 e. The van der Waals surface area contributed by atoms with Crippen LogP contribution in [0.25, 0.3) is 0 Å². The van der Waals surface area contributed by atoms with Gasteiger partial charge in [-0.25, -0.2) is 0 Å². The number of amides is 1. The van der Waals surface area contributed by atoms with E-state index in [2.05, 4.69) is 21.5 Å². The van der Waals surface area contributed by atoms with E-state index in [1.54, 1.807) is 4.90 Å². The third-order valence-electron chi connectivity index (χ3n) is 3.57. The molecule has 0 spiro atoms. The SMILES string of the molecule is CN1C(=O)CC(NCCc2ncon2)c2ccccc21. The van der Waals surface area contributed by atoms with E-state index in [9.17, 15) is 4.79 Å². The number of anilines is 1. The fourth-order valence-electron chi connectivity index (χ4n) is 2.49. The van der Waals surface area contributed by atoms with Crippen molar-refractivity contribution in [1.29, 1.82) is 0 Å². The largest absolute Gasteiger partial charge is 0.343 e. The first-order chi connectivity index (χ1) is 9.75. The van der Waals surface area contributed by atoms with E-state index in [0.29, 0.717) is 25.2 Å². The maximum absolute atomic E-state index is 12.0. The van der Waals surface area contributed by atoms with Crippen LogP contribution >= 0.6 is 0 Å². The molecule has 0 bridgehead atoms. The van der Waals surface area contributed by atoms with E-state index in [1.165, 1.54) is 6.39 Å². The molecule has 1 aliphatic heterocycles. The Bertz CT molecular complexity index is 597. The van der Waals surface area contributed by atoms with Crippen LogP contribution in [0.2, 0.25) is 0 Å². The van der Waals surface area contributed by atoms with Crippen LogP contribution in [0.1, 0.15) is 23.9 Å². The minimum atomic E-state index is 0.0433. The predicted molar refractivity (Wildman–Crippen MR) is 73.2 cm³/mol. The molecule has 1 N–H and O–H groups in total. The number of nitrogens with one attached hydrogen (secondary N) is 1. The summed E-state index contributed by atoms with van der Waals surface area (Å²) < 4.78 is 4.69. The van der Waals surface area contributed by atoms with Gasteiger partial charge in [-0.05, 0) is 11.6 Å². The first-order valence-corrected chi connectivity index (χ1v) is 6.60. The summed E-state index contributed by atoms with van der Waals surface area (Å²) in [6.45, 7) is 0.704. The molecule has 1 unspecified atom stereocenters. The smallest absolute Gasteiger partial charge is 0.228 e. The molecule has 6 heteroatoms. The lowest BCUT2D eigenvalue weighted by Crippen LogP contribution is -2.38. The molecule has 20 heavy (non-hydrogen) atoms. The predicted octanol–water partition coefficient (Wildman–Crippen LogP) is 1.31. The van der Waals surface area contributed by atoms with E-state index >= 15 is 0 Å². The molecule has 104 valence electrons. The Hall–Kier alpha value is -2.21. The van der Waals surface area contributed by atoms with Crippen LogP contribution in [0.4, 0.5) is 5.69 Å². The lowest BCUT2D eigenvalue weighted by molar-refractivity contribution is -0.119. The van der Waals surface area contributed by atoms with Crippen LogP contribution in [0.15, 0.2) is 35.2 Å². The van der Waals surface area contributed by atoms with E-state index in [1.807, 2.05) is 25.2 Å². The highest BCUT2D eigenvalue weighted by Gasteiger charge is 2.28. The zero-order valence-corrected chi connectivity index (χ0v) is 11.2. The maximum atomic E-state index is 12.0. The molecule has 3 rings (SSSR count). The second kappa shape index (κ2) is 5.42. The number of aromatic nitrogens is 2. The normalized spacial score (nSPS) is 18.1. The highest BCUT2D eigenvalue weighted by Crippen LogP contribution is 2.33. The van der Waals surface area contributed by atoms with Gasteiger partial charge < -0.3 is 14.7 Å². The van der Waals surface area contributed by atoms with E-state index in [-0.39, 0.29) is 11.9 Å². The Balaban J connectivity index is 1.70. The number of benzene rings is 1. The Labute approximate surface area is 116 Å². The van der Waals surface area contributed by atoms with Crippen molar-refractivity contribution in [1.82, 2.24) is 15.5 Å². The van der Waals surface area contributed by atoms with Gasteiger partial charge in [0.2, 0.25) is 12.3 Å². The summed E-state index contributed by atoms with van der Waals surface area (Å²) in [5.74, 6) is 0.797. The van der Waals surface area contributed by atoms with E-state index in [0.717, 1.165) is 11.3 Å². The molecular formula is C14H16N4O2. The van der Waals surface area contributed by atoms with Crippen LogP contribution in [-0.4, -0.2) is 29.6 Å². The zero-order chi connectivity index (χ0) is 13.9. The standard InChI is InChI=1S/C14H16N4O2/c1-18-12-5-3-2-4-10(12)11(8-14(18)19)15-7-6-13-16-9-20-17-13/h2-5,9,11,15H,6-8H2,1H3. The van der Waals surface area contributed by atoms with Crippen LogP contribution in [0.3, 0.4) is 0 Å². The van der Waals surface area contributed by atoms with Crippen molar-refractivity contribution in [2.75, 3.05) is 18.5 Å². The molecule has 0 aliphatic carbocycles. The molecule has 0 radical (unpaired) electrons. The lowest BCUT2D eigenvalue weighted by atomic mass is 9.96. The summed E-state index contributed by atoms with van der Waals surface area (Å²) in [6, 6.07) is 8.02. The number of carbonyl (C=O) groups is 1. The van der Waals surface area contributed by atoms with Crippen LogP contribution in [0.5, 0.6) is 0 Å². The van der Waals surface area contributed by atoms with Gasteiger partial charge >= 0.3 is 0 Å². The Morgan fingerprint density at radius 2 is 2.30 bits per heavy atom. The van der Waals surface area contributed by atoms with Crippen LogP contribution < -0.4 is 10.2 Å². The van der Waals surface area contributed by atoms with Gasteiger partial charge in [0.25, 0.3) is 0 Å². The van der Waals surface area contributed by atoms with Crippen molar-refractivity contribution in [2.24, 2.45) is 0 Å². The number of nitrogens with zero attached hydrogens (tertiary/aromatic N) is 3. The van der Waals surface area contributed by atoms with Gasteiger partial charge in [-0.1, -0.05) is 23.4 Å². The molecule has 6 nitrogen and oxygen atoms in total. The molecule has 1 atom stereocenters. The average Bonchev–Trinajstić information content (AvgIpc) is 2.97. The second-order valence-electron chi connectivity index (χ2n) is 4.82. The molecule has 2 heterocycles. The van der Waals surface area contributed by atoms with Crippen LogP contribution in [0, 0.1) is 0 Å². The average molecular weight is 272 g/mol. The molecule has 1 amide bonds. The molecule has 0 fully saturated rings. The van der Waals surface area contributed by atoms with Crippen molar-refractivity contribution in [2.45, 2.75) is 18.9 Å². The first kappa shape index (κ1) is 12.8. The van der Waals surface area contributed by atoms with Crippen molar-refractivity contribution >= 4 is 11.6 Å². The van der Waals surface area contributed by atoms with Gasteiger partial charge in [0.05, 0.1) is 0 Å². The molecular weight excluding hydrogens is 256 g/mol. The quantitative estimate of drug-likeness (QED) is 0.908. The number of rotatable bonds is 4. The monoisotopic (exact) mass is 272 g/mol. The Morgan fingerprint density at radius 1 is 1.45 bits per heavy atom. The summed E-state index contributed by atoms with van der Waals surface area (Å²) in [4.78, 5) is 17.7. The number of fused-ring (bicyclic) bond motifs is 1. The minimum Gasteiger partial charge on any atom is -0.343 e. The second-order valence-corrected chi connectivity index (χ2v) is 4.82. The summed E-state index contributed by atoms with van der Waals surface area (Å²) in [7, 11) is 1.82. The summed E-state index contributed by atoms with van der Waals surface area (Å²) in [5.41, 5.74) is 2.13. The highest BCUT2D eigenvalue weighted by molar-refractivity contribution is 5.96. The summed E-state index contributed by atoms with van der Waals surface area (Å²) in [5, 5.41) is 7.17. The van der Waals surface area contributed by atoms with Gasteiger partial charge in [0, 0.05) is 38.2 Å². The summed E-state index contributed by atoms with van der Waals surface area (Å²) >= 11 is 0. The lowest BCUT2D eigenvalue weighted by Gasteiger charge is -2.32. The van der Waals surface area contributed by atoms with E-state index < -0.39 is 0 Å². The van der Waals surface area contributed by atoms with Crippen LogP contribution in [-0.2, 0) is 11.2 Å². The highest BCUT2D eigenvalue weighted by atomic mass is 16.5. The first-order valence-electron chi connectivity index (χ1n) is 6.60. The van der Waals surface area contributed by atoms with Crippen molar-refractivity contribution in [3.05, 3.63) is 42.0 Å². The molecule has 0 saturated heterocycles. The topological polar surface area (TPSA) is 71.3 Å². The Morgan fingerprint density at radius 3 is 3.10 bits per heavy atom. The van der Waals surface area contributed by atoms with Gasteiger partial charge in [-0.2, -0.15) is 4.98 Å². The van der Waals surface area contributed by atoms with Crippen molar-refractivity contribution in [3.8, 4) is 0 Å². The summed E-state index contributed by atoms with van der Waals surface area (Å²) in [6.07, 6.45) is 2.47. The van der Waals surface area contributed by atoms with Gasteiger partial charge in [0.15, 0.2) is 5.82 Å². The minimum absolute atomic E-state index is 0.0433. The van der Waals surface area contributed by atoms with Gasteiger partial charge in [-0.3, -0.25) is 4.79 Å². The number of para-hydroxylation sites is 1. The third-order valence-corrected chi connectivity index (χ3v) is 3.57. The number of hydrogen-bond donors (Lipinski definition) is 1.